The molecular weight excluding hydrogens is 235 g/mol. The van der Waals surface area contributed by atoms with Crippen LogP contribution in [0.4, 0.5) is 10.2 Å². The molecule has 0 unspecified atom stereocenters. The van der Waals surface area contributed by atoms with Crippen molar-refractivity contribution in [2.24, 2.45) is 0 Å². The lowest BCUT2D eigenvalue weighted by Crippen LogP contribution is -2.14. The number of rotatable bonds is 3. The Hall–Kier alpha value is -2.43. The number of amides is 1. The van der Waals surface area contributed by atoms with Crippen LogP contribution >= 0.6 is 0 Å². The molecule has 1 aromatic carbocycles. The SMILES string of the molecule is COc1ccnc(NC(=O)c2ccccc2F)c1. The van der Waals surface area contributed by atoms with Crippen molar-refractivity contribution in [2.75, 3.05) is 12.4 Å². The minimum atomic E-state index is -0.571. The Morgan fingerprint density at radius 1 is 1.33 bits per heavy atom. The molecule has 1 amide bonds. The number of pyridine rings is 1. The van der Waals surface area contributed by atoms with Crippen LogP contribution in [0.25, 0.3) is 0 Å². The number of hydrogen-bond acceptors (Lipinski definition) is 3. The number of methoxy groups -OCH3 is 1. The van der Waals surface area contributed by atoms with Gasteiger partial charge >= 0.3 is 0 Å². The van der Waals surface area contributed by atoms with E-state index in [0.29, 0.717) is 11.6 Å². The van der Waals surface area contributed by atoms with Crippen molar-refractivity contribution >= 4 is 11.7 Å². The van der Waals surface area contributed by atoms with Gasteiger partial charge in [0.05, 0.1) is 12.7 Å². The number of carbonyl (C=O) groups is 1. The van der Waals surface area contributed by atoms with Crippen molar-refractivity contribution in [1.82, 2.24) is 4.98 Å². The monoisotopic (exact) mass is 246 g/mol. The van der Waals surface area contributed by atoms with Gasteiger partial charge in [0.1, 0.15) is 17.4 Å². The van der Waals surface area contributed by atoms with E-state index in [-0.39, 0.29) is 5.56 Å². The molecule has 2 rings (SSSR count). The maximum absolute atomic E-state index is 13.4. The van der Waals surface area contributed by atoms with Gasteiger partial charge < -0.3 is 10.1 Å². The van der Waals surface area contributed by atoms with Gasteiger partial charge in [-0.05, 0) is 18.2 Å². The molecule has 2 aromatic rings. The Morgan fingerprint density at radius 2 is 2.11 bits per heavy atom. The number of halogens is 1. The minimum absolute atomic E-state index is 0.0258. The highest BCUT2D eigenvalue weighted by molar-refractivity contribution is 6.03. The zero-order valence-electron chi connectivity index (χ0n) is 9.68. The maximum atomic E-state index is 13.4. The van der Waals surface area contributed by atoms with E-state index in [1.807, 2.05) is 0 Å². The van der Waals surface area contributed by atoms with Gasteiger partial charge in [0, 0.05) is 12.3 Å². The molecule has 4 nitrogen and oxygen atoms in total. The lowest BCUT2D eigenvalue weighted by molar-refractivity contribution is 0.102. The van der Waals surface area contributed by atoms with E-state index in [0.717, 1.165) is 0 Å². The van der Waals surface area contributed by atoms with Crippen molar-refractivity contribution in [3.63, 3.8) is 0 Å². The predicted octanol–water partition coefficient (Wildman–Crippen LogP) is 2.48. The van der Waals surface area contributed by atoms with E-state index in [4.69, 9.17) is 4.74 Å². The summed E-state index contributed by atoms with van der Waals surface area (Å²) >= 11 is 0. The molecule has 0 atom stereocenters. The lowest BCUT2D eigenvalue weighted by Gasteiger charge is -2.06. The molecule has 0 fully saturated rings. The Morgan fingerprint density at radius 3 is 2.83 bits per heavy atom. The van der Waals surface area contributed by atoms with Crippen LogP contribution < -0.4 is 10.1 Å². The second-order valence-corrected chi connectivity index (χ2v) is 3.51. The summed E-state index contributed by atoms with van der Waals surface area (Å²) in [5.41, 5.74) is -0.0258. The number of anilines is 1. The van der Waals surface area contributed by atoms with E-state index >= 15 is 0 Å². The van der Waals surface area contributed by atoms with Gasteiger partial charge in [0.25, 0.3) is 5.91 Å². The molecule has 1 heterocycles. The molecule has 0 aliphatic carbocycles. The molecule has 0 saturated heterocycles. The van der Waals surface area contributed by atoms with E-state index in [2.05, 4.69) is 10.3 Å². The molecule has 0 radical (unpaired) electrons. The summed E-state index contributed by atoms with van der Waals surface area (Å²) in [6.45, 7) is 0. The van der Waals surface area contributed by atoms with Crippen LogP contribution in [0.3, 0.4) is 0 Å². The van der Waals surface area contributed by atoms with Gasteiger partial charge in [-0.1, -0.05) is 12.1 Å². The molecular formula is C13H11FN2O2. The molecule has 0 spiro atoms. The highest BCUT2D eigenvalue weighted by Crippen LogP contribution is 2.15. The van der Waals surface area contributed by atoms with Crippen LogP contribution in [-0.2, 0) is 0 Å². The topological polar surface area (TPSA) is 51.2 Å². The summed E-state index contributed by atoms with van der Waals surface area (Å²) in [5.74, 6) is -0.247. The largest absolute Gasteiger partial charge is 0.497 e. The Kier molecular flexibility index (Phi) is 3.52. The number of ether oxygens (including phenoxy) is 1. The fraction of sp³-hybridized carbons (Fsp3) is 0.0769. The highest BCUT2D eigenvalue weighted by Gasteiger charge is 2.11. The normalized spacial score (nSPS) is 9.89. The lowest BCUT2D eigenvalue weighted by atomic mass is 10.2. The second-order valence-electron chi connectivity index (χ2n) is 3.51. The Balaban J connectivity index is 2.19. The molecule has 0 bridgehead atoms. The van der Waals surface area contributed by atoms with Crippen LogP contribution in [0.2, 0.25) is 0 Å². The van der Waals surface area contributed by atoms with E-state index in [1.54, 1.807) is 18.2 Å². The van der Waals surface area contributed by atoms with E-state index in [9.17, 15) is 9.18 Å². The van der Waals surface area contributed by atoms with Crippen LogP contribution in [0.1, 0.15) is 10.4 Å². The first-order chi connectivity index (χ1) is 8.70. The summed E-state index contributed by atoms with van der Waals surface area (Å²) in [4.78, 5) is 15.8. The molecule has 1 aromatic heterocycles. The average Bonchev–Trinajstić information content (AvgIpc) is 2.39. The van der Waals surface area contributed by atoms with Crippen LogP contribution in [0.15, 0.2) is 42.6 Å². The number of nitrogens with one attached hydrogen (secondary N) is 1. The van der Waals surface area contributed by atoms with Gasteiger partial charge in [-0.15, -0.1) is 0 Å². The predicted molar refractivity (Wildman–Crippen MR) is 65.1 cm³/mol. The smallest absolute Gasteiger partial charge is 0.259 e. The number of benzene rings is 1. The van der Waals surface area contributed by atoms with Gasteiger partial charge in [-0.25, -0.2) is 9.37 Å². The summed E-state index contributed by atoms with van der Waals surface area (Å²) in [6.07, 6.45) is 1.50. The maximum Gasteiger partial charge on any atom is 0.259 e. The fourth-order valence-electron chi connectivity index (χ4n) is 1.44. The number of carbonyl (C=O) groups excluding carboxylic acids is 1. The van der Waals surface area contributed by atoms with Gasteiger partial charge in [0.2, 0.25) is 0 Å². The average molecular weight is 246 g/mol. The fourth-order valence-corrected chi connectivity index (χ4v) is 1.44. The van der Waals surface area contributed by atoms with Crippen molar-refractivity contribution in [2.45, 2.75) is 0 Å². The van der Waals surface area contributed by atoms with Gasteiger partial charge in [-0.3, -0.25) is 4.79 Å². The van der Waals surface area contributed by atoms with Gasteiger partial charge in [-0.2, -0.15) is 0 Å². The van der Waals surface area contributed by atoms with Crippen molar-refractivity contribution in [3.8, 4) is 5.75 Å². The summed E-state index contributed by atoms with van der Waals surface area (Å²) in [6, 6.07) is 8.96. The third kappa shape index (κ3) is 2.63. The van der Waals surface area contributed by atoms with Crippen molar-refractivity contribution < 1.29 is 13.9 Å². The first-order valence-corrected chi connectivity index (χ1v) is 5.26. The summed E-state index contributed by atoms with van der Waals surface area (Å²) < 4.78 is 18.4. The van der Waals surface area contributed by atoms with Crippen molar-refractivity contribution in [1.29, 1.82) is 0 Å². The molecule has 18 heavy (non-hydrogen) atoms. The highest BCUT2D eigenvalue weighted by atomic mass is 19.1. The molecule has 92 valence electrons. The molecule has 1 N–H and O–H groups in total. The first kappa shape index (κ1) is 12.0. The number of nitrogens with zero attached hydrogens (tertiary/aromatic N) is 1. The molecule has 0 aliphatic rings. The van der Waals surface area contributed by atoms with E-state index < -0.39 is 11.7 Å². The summed E-state index contributed by atoms with van der Waals surface area (Å²) in [5, 5.41) is 2.50. The zero-order chi connectivity index (χ0) is 13.0. The van der Waals surface area contributed by atoms with Crippen molar-refractivity contribution in [3.05, 3.63) is 54.0 Å². The van der Waals surface area contributed by atoms with Gasteiger partial charge in [0.15, 0.2) is 0 Å². The van der Waals surface area contributed by atoms with Crippen LogP contribution in [0.5, 0.6) is 5.75 Å². The number of aromatic nitrogens is 1. The standard InChI is InChI=1S/C13H11FN2O2/c1-18-9-6-7-15-12(8-9)16-13(17)10-4-2-3-5-11(10)14/h2-8H,1H3,(H,15,16,17). The van der Waals surface area contributed by atoms with Crippen LogP contribution in [-0.4, -0.2) is 18.0 Å². The first-order valence-electron chi connectivity index (χ1n) is 5.26. The second kappa shape index (κ2) is 5.27. The molecule has 5 heteroatoms. The zero-order valence-corrected chi connectivity index (χ0v) is 9.68. The number of hydrogen-bond donors (Lipinski definition) is 1. The minimum Gasteiger partial charge on any atom is -0.497 e. The van der Waals surface area contributed by atoms with E-state index in [1.165, 1.54) is 31.5 Å². The molecule has 0 saturated carbocycles. The Bertz CT molecular complexity index is 572. The summed E-state index contributed by atoms with van der Waals surface area (Å²) in [7, 11) is 1.51. The van der Waals surface area contributed by atoms with Crippen LogP contribution in [0, 0.1) is 5.82 Å². The molecule has 0 aliphatic heterocycles. The third-order valence-corrected chi connectivity index (χ3v) is 2.33. The Labute approximate surface area is 103 Å². The quantitative estimate of drug-likeness (QED) is 0.905. The third-order valence-electron chi connectivity index (χ3n) is 2.33.